The van der Waals surface area contributed by atoms with E-state index in [1.54, 1.807) is 0 Å². The first-order valence-electron chi connectivity index (χ1n) is 8.12. The Balaban J connectivity index is 0.00000225. The Morgan fingerprint density at radius 2 is 1.80 bits per heavy atom. The van der Waals surface area contributed by atoms with Crippen molar-refractivity contribution in [3.05, 3.63) is 64.7 Å². The number of aliphatic imine (C=N–C) groups is 1. The van der Waals surface area contributed by atoms with Gasteiger partial charge in [-0.1, -0.05) is 48.0 Å². The molecule has 134 valence electrons. The molecule has 0 heterocycles. The van der Waals surface area contributed by atoms with Crippen LogP contribution >= 0.6 is 35.6 Å². The first-order valence-corrected chi connectivity index (χ1v) is 8.50. The third-order valence-corrected chi connectivity index (χ3v) is 4.52. The maximum absolute atomic E-state index is 6.13. The SMILES string of the molecule is CN(C(N)=NCc1ccccc1COc1ccccc1Cl)C1CC1.I. The van der Waals surface area contributed by atoms with Crippen molar-refractivity contribution in [1.82, 2.24) is 4.90 Å². The van der Waals surface area contributed by atoms with Gasteiger partial charge in [0.15, 0.2) is 5.96 Å². The summed E-state index contributed by atoms with van der Waals surface area (Å²) in [6, 6.07) is 16.1. The fourth-order valence-electron chi connectivity index (χ4n) is 2.50. The maximum atomic E-state index is 6.13. The second kappa shape index (κ2) is 9.29. The number of hydrogen-bond acceptors (Lipinski definition) is 2. The smallest absolute Gasteiger partial charge is 0.191 e. The van der Waals surface area contributed by atoms with E-state index in [-0.39, 0.29) is 24.0 Å². The van der Waals surface area contributed by atoms with E-state index in [2.05, 4.69) is 16.0 Å². The van der Waals surface area contributed by atoms with Crippen LogP contribution in [0.15, 0.2) is 53.5 Å². The predicted octanol–water partition coefficient (Wildman–Crippen LogP) is 4.45. The third-order valence-electron chi connectivity index (χ3n) is 4.21. The molecule has 4 nitrogen and oxygen atoms in total. The lowest BCUT2D eigenvalue weighted by Gasteiger charge is -2.17. The van der Waals surface area contributed by atoms with Crippen LogP contribution in [0.1, 0.15) is 24.0 Å². The van der Waals surface area contributed by atoms with Gasteiger partial charge in [0, 0.05) is 13.1 Å². The molecule has 0 saturated heterocycles. The molecule has 1 saturated carbocycles. The summed E-state index contributed by atoms with van der Waals surface area (Å²) in [6.07, 6.45) is 2.41. The van der Waals surface area contributed by atoms with Crippen LogP contribution in [0.5, 0.6) is 5.75 Å². The second-order valence-corrected chi connectivity index (χ2v) is 6.41. The maximum Gasteiger partial charge on any atom is 0.191 e. The summed E-state index contributed by atoms with van der Waals surface area (Å²) in [4.78, 5) is 6.59. The molecule has 0 radical (unpaired) electrons. The predicted molar refractivity (Wildman–Crippen MR) is 114 cm³/mol. The minimum Gasteiger partial charge on any atom is -0.487 e. The van der Waals surface area contributed by atoms with Gasteiger partial charge in [0.25, 0.3) is 0 Å². The Morgan fingerprint density at radius 1 is 1.16 bits per heavy atom. The highest BCUT2D eigenvalue weighted by atomic mass is 127. The van der Waals surface area contributed by atoms with Gasteiger partial charge in [-0.25, -0.2) is 4.99 Å². The first-order chi connectivity index (χ1) is 11.6. The van der Waals surface area contributed by atoms with E-state index < -0.39 is 0 Å². The van der Waals surface area contributed by atoms with E-state index in [1.807, 2.05) is 49.5 Å². The van der Waals surface area contributed by atoms with Crippen molar-refractivity contribution in [1.29, 1.82) is 0 Å². The van der Waals surface area contributed by atoms with Crippen LogP contribution in [0.25, 0.3) is 0 Å². The summed E-state index contributed by atoms with van der Waals surface area (Å²) in [6.45, 7) is 0.999. The number of rotatable bonds is 6. The molecule has 1 aliphatic carbocycles. The number of para-hydroxylation sites is 1. The summed E-state index contributed by atoms with van der Waals surface area (Å²) in [5.74, 6) is 1.28. The Bertz CT molecular complexity index is 734. The van der Waals surface area contributed by atoms with Gasteiger partial charge >= 0.3 is 0 Å². The van der Waals surface area contributed by atoms with E-state index in [0.29, 0.717) is 35.9 Å². The molecule has 2 aromatic rings. The van der Waals surface area contributed by atoms with Crippen molar-refractivity contribution < 1.29 is 4.74 Å². The van der Waals surface area contributed by atoms with E-state index in [9.17, 15) is 0 Å². The summed E-state index contributed by atoms with van der Waals surface area (Å²) < 4.78 is 5.84. The standard InChI is InChI=1S/C19H22ClN3O.HI/c1-23(16-10-11-16)19(21)22-12-14-6-2-3-7-15(14)13-24-18-9-5-4-8-17(18)20;/h2-9,16H,10-13H2,1H3,(H2,21,22);1H. The second-order valence-electron chi connectivity index (χ2n) is 6.00. The van der Waals surface area contributed by atoms with Crippen LogP contribution in [0, 0.1) is 0 Å². The highest BCUT2D eigenvalue weighted by Crippen LogP contribution is 2.26. The highest BCUT2D eigenvalue weighted by molar-refractivity contribution is 14.0. The van der Waals surface area contributed by atoms with Crippen molar-refractivity contribution in [2.75, 3.05) is 7.05 Å². The Hall–Kier alpha value is -1.47. The molecule has 0 amide bonds. The number of nitrogens with two attached hydrogens (primary N) is 1. The summed E-state index contributed by atoms with van der Waals surface area (Å²) >= 11 is 6.13. The van der Waals surface area contributed by atoms with Gasteiger partial charge in [0.2, 0.25) is 0 Å². The lowest BCUT2D eigenvalue weighted by Crippen LogP contribution is -2.35. The number of hydrogen-bond donors (Lipinski definition) is 1. The highest BCUT2D eigenvalue weighted by Gasteiger charge is 2.27. The molecule has 2 aromatic carbocycles. The van der Waals surface area contributed by atoms with Crippen LogP contribution in [0.3, 0.4) is 0 Å². The van der Waals surface area contributed by atoms with Crippen LogP contribution < -0.4 is 10.5 Å². The lowest BCUT2D eigenvalue weighted by atomic mass is 10.1. The van der Waals surface area contributed by atoms with E-state index in [0.717, 1.165) is 11.1 Å². The molecule has 25 heavy (non-hydrogen) atoms. The Morgan fingerprint density at radius 3 is 2.48 bits per heavy atom. The molecular weight excluding hydrogens is 449 g/mol. The number of ether oxygens (including phenoxy) is 1. The molecule has 2 N–H and O–H groups in total. The van der Waals surface area contributed by atoms with Crippen molar-refractivity contribution in [3.63, 3.8) is 0 Å². The van der Waals surface area contributed by atoms with E-state index in [4.69, 9.17) is 22.1 Å². The van der Waals surface area contributed by atoms with Crippen LogP contribution in [0.4, 0.5) is 0 Å². The molecule has 0 aliphatic heterocycles. The van der Waals surface area contributed by atoms with Crippen molar-refractivity contribution >= 4 is 41.5 Å². The van der Waals surface area contributed by atoms with Crippen molar-refractivity contribution in [2.45, 2.75) is 32.0 Å². The normalized spacial score (nSPS) is 13.9. The largest absolute Gasteiger partial charge is 0.487 e. The molecule has 0 unspecified atom stereocenters. The zero-order valence-corrected chi connectivity index (χ0v) is 17.3. The fourth-order valence-corrected chi connectivity index (χ4v) is 2.69. The number of nitrogens with zero attached hydrogens (tertiary/aromatic N) is 2. The van der Waals surface area contributed by atoms with Gasteiger partial charge in [-0.05, 0) is 36.1 Å². The number of benzene rings is 2. The van der Waals surface area contributed by atoms with E-state index in [1.165, 1.54) is 12.8 Å². The zero-order valence-electron chi connectivity index (χ0n) is 14.2. The molecule has 6 heteroatoms. The molecule has 0 aromatic heterocycles. The van der Waals surface area contributed by atoms with Crippen molar-refractivity contribution in [3.8, 4) is 5.75 Å². The molecule has 1 aliphatic rings. The lowest BCUT2D eigenvalue weighted by molar-refractivity contribution is 0.305. The number of guanidine groups is 1. The topological polar surface area (TPSA) is 50.8 Å². The monoisotopic (exact) mass is 471 g/mol. The van der Waals surface area contributed by atoms with E-state index >= 15 is 0 Å². The van der Waals surface area contributed by atoms with Crippen LogP contribution in [-0.2, 0) is 13.2 Å². The Kier molecular flexibility index (Phi) is 7.38. The minimum absolute atomic E-state index is 0. The van der Waals surface area contributed by atoms with Crippen LogP contribution in [-0.4, -0.2) is 23.9 Å². The molecule has 0 atom stereocenters. The quantitative estimate of drug-likeness (QED) is 0.385. The molecule has 3 rings (SSSR count). The molecule has 1 fully saturated rings. The minimum atomic E-state index is 0. The number of halogens is 2. The summed E-state index contributed by atoms with van der Waals surface area (Å²) in [5, 5.41) is 0.614. The Labute approximate surface area is 171 Å². The van der Waals surface area contributed by atoms with Gasteiger partial charge in [-0.15, -0.1) is 24.0 Å². The third kappa shape index (κ3) is 5.51. The average Bonchev–Trinajstić information content (AvgIpc) is 3.44. The van der Waals surface area contributed by atoms with Gasteiger partial charge < -0.3 is 15.4 Å². The molecule has 0 bridgehead atoms. The van der Waals surface area contributed by atoms with Gasteiger partial charge in [-0.3, -0.25) is 0 Å². The van der Waals surface area contributed by atoms with Crippen molar-refractivity contribution in [2.24, 2.45) is 10.7 Å². The molecular formula is C19H23ClIN3O. The van der Waals surface area contributed by atoms with Crippen LogP contribution in [0.2, 0.25) is 5.02 Å². The summed E-state index contributed by atoms with van der Waals surface area (Å²) in [7, 11) is 2.00. The zero-order chi connectivity index (χ0) is 16.9. The first kappa shape index (κ1) is 19.8. The summed E-state index contributed by atoms with van der Waals surface area (Å²) in [5.41, 5.74) is 8.26. The van der Waals surface area contributed by atoms with Gasteiger partial charge in [0.05, 0.1) is 11.6 Å². The fraction of sp³-hybridized carbons (Fsp3) is 0.316. The average molecular weight is 472 g/mol. The van der Waals surface area contributed by atoms with Gasteiger partial charge in [0.1, 0.15) is 12.4 Å². The molecule has 0 spiro atoms. The van der Waals surface area contributed by atoms with Gasteiger partial charge in [-0.2, -0.15) is 0 Å².